The van der Waals surface area contributed by atoms with Crippen LogP contribution in [0.4, 0.5) is 10.5 Å². The first-order chi connectivity index (χ1) is 12.0. The molecule has 0 heterocycles. The summed E-state index contributed by atoms with van der Waals surface area (Å²) < 4.78 is 9.92. The SMILES string of the molecule is COC(=O)c1ccc(Cl)c(NC(=O)NCCc2ccccc2OC)c1. The lowest BCUT2D eigenvalue weighted by Gasteiger charge is -2.11. The van der Waals surface area contributed by atoms with E-state index in [0.717, 1.165) is 11.3 Å². The fourth-order valence-electron chi connectivity index (χ4n) is 2.25. The number of rotatable bonds is 6. The highest BCUT2D eigenvalue weighted by Crippen LogP contribution is 2.23. The molecule has 25 heavy (non-hydrogen) atoms. The Morgan fingerprint density at radius 1 is 1.12 bits per heavy atom. The molecule has 0 unspecified atom stereocenters. The lowest BCUT2D eigenvalue weighted by Crippen LogP contribution is -2.30. The van der Waals surface area contributed by atoms with Crippen molar-refractivity contribution in [2.75, 3.05) is 26.1 Å². The van der Waals surface area contributed by atoms with E-state index in [1.165, 1.54) is 25.3 Å². The Hall–Kier alpha value is -2.73. The molecule has 0 fully saturated rings. The Morgan fingerprint density at radius 2 is 1.88 bits per heavy atom. The number of nitrogens with one attached hydrogen (secondary N) is 2. The van der Waals surface area contributed by atoms with E-state index in [2.05, 4.69) is 15.4 Å². The molecule has 2 aromatic carbocycles. The minimum absolute atomic E-state index is 0.302. The monoisotopic (exact) mass is 362 g/mol. The zero-order chi connectivity index (χ0) is 18.2. The molecule has 2 rings (SSSR count). The van der Waals surface area contributed by atoms with E-state index in [0.29, 0.717) is 29.2 Å². The van der Waals surface area contributed by atoms with E-state index >= 15 is 0 Å². The van der Waals surface area contributed by atoms with Gasteiger partial charge in [0.25, 0.3) is 0 Å². The summed E-state index contributed by atoms with van der Waals surface area (Å²) in [6, 6.07) is 11.7. The lowest BCUT2D eigenvalue weighted by molar-refractivity contribution is 0.0600. The van der Waals surface area contributed by atoms with Gasteiger partial charge in [-0.25, -0.2) is 9.59 Å². The average Bonchev–Trinajstić information content (AvgIpc) is 2.63. The van der Waals surface area contributed by atoms with Crippen molar-refractivity contribution < 1.29 is 19.1 Å². The second-order valence-electron chi connectivity index (χ2n) is 5.13. The molecule has 6 nitrogen and oxygen atoms in total. The Morgan fingerprint density at radius 3 is 2.60 bits per heavy atom. The second kappa shape index (κ2) is 8.94. The van der Waals surface area contributed by atoms with Gasteiger partial charge in [-0.1, -0.05) is 29.8 Å². The van der Waals surface area contributed by atoms with Crippen LogP contribution in [-0.4, -0.2) is 32.8 Å². The van der Waals surface area contributed by atoms with E-state index < -0.39 is 12.0 Å². The number of anilines is 1. The molecule has 0 aliphatic heterocycles. The van der Waals surface area contributed by atoms with Gasteiger partial charge in [0.1, 0.15) is 5.75 Å². The van der Waals surface area contributed by atoms with Gasteiger partial charge in [0.2, 0.25) is 0 Å². The van der Waals surface area contributed by atoms with E-state index in [1.54, 1.807) is 7.11 Å². The molecule has 2 aromatic rings. The predicted molar refractivity (Wildman–Crippen MR) is 96.5 cm³/mol. The molecule has 2 N–H and O–H groups in total. The van der Waals surface area contributed by atoms with Crippen molar-refractivity contribution in [3.05, 3.63) is 58.6 Å². The summed E-state index contributed by atoms with van der Waals surface area (Å²) in [4.78, 5) is 23.6. The summed E-state index contributed by atoms with van der Waals surface area (Å²) >= 11 is 6.05. The Labute approximate surface area is 151 Å². The highest BCUT2D eigenvalue weighted by atomic mass is 35.5. The first-order valence-corrected chi connectivity index (χ1v) is 7.97. The maximum absolute atomic E-state index is 12.0. The van der Waals surface area contributed by atoms with Crippen LogP contribution in [0.2, 0.25) is 5.02 Å². The van der Waals surface area contributed by atoms with Crippen molar-refractivity contribution in [3.8, 4) is 5.75 Å². The smallest absolute Gasteiger partial charge is 0.337 e. The van der Waals surface area contributed by atoms with Gasteiger partial charge < -0.3 is 20.1 Å². The molecule has 0 saturated heterocycles. The maximum atomic E-state index is 12.0. The molecule has 0 aromatic heterocycles. The zero-order valence-electron chi connectivity index (χ0n) is 14.0. The fraction of sp³-hybridized carbons (Fsp3) is 0.222. The van der Waals surface area contributed by atoms with Crippen molar-refractivity contribution in [2.45, 2.75) is 6.42 Å². The van der Waals surface area contributed by atoms with E-state index in [9.17, 15) is 9.59 Å². The highest BCUT2D eigenvalue weighted by Gasteiger charge is 2.11. The molecule has 0 spiro atoms. The van der Waals surface area contributed by atoms with Crippen molar-refractivity contribution >= 4 is 29.3 Å². The third kappa shape index (κ3) is 5.12. The van der Waals surface area contributed by atoms with Crippen molar-refractivity contribution in [1.82, 2.24) is 5.32 Å². The standard InChI is InChI=1S/C18H19ClN2O4/c1-24-16-6-4-3-5-12(16)9-10-20-18(23)21-15-11-13(17(22)25-2)7-8-14(15)19/h3-8,11H,9-10H2,1-2H3,(H2,20,21,23). The molecular formula is C18H19ClN2O4. The van der Waals surface area contributed by atoms with E-state index in [4.69, 9.17) is 16.3 Å². The van der Waals surface area contributed by atoms with Gasteiger partial charge in [-0.15, -0.1) is 0 Å². The summed E-state index contributed by atoms with van der Waals surface area (Å²) in [5, 5.41) is 5.69. The first-order valence-electron chi connectivity index (χ1n) is 7.59. The summed E-state index contributed by atoms with van der Waals surface area (Å²) in [6.07, 6.45) is 0.618. The molecule has 0 bridgehead atoms. The van der Waals surface area contributed by atoms with Gasteiger partial charge in [0.15, 0.2) is 0 Å². The Kier molecular flexibility index (Phi) is 6.65. The van der Waals surface area contributed by atoms with Gasteiger partial charge in [0, 0.05) is 6.54 Å². The number of methoxy groups -OCH3 is 2. The van der Waals surface area contributed by atoms with Crippen LogP contribution >= 0.6 is 11.6 Å². The summed E-state index contributed by atoms with van der Waals surface area (Å²) in [5.74, 6) is 0.273. The first kappa shape index (κ1) is 18.6. The number of hydrogen-bond acceptors (Lipinski definition) is 4. The number of carbonyl (C=O) groups excluding carboxylic acids is 2. The van der Waals surface area contributed by atoms with E-state index in [1.807, 2.05) is 24.3 Å². The van der Waals surface area contributed by atoms with Crippen LogP contribution in [0.25, 0.3) is 0 Å². The van der Waals surface area contributed by atoms with Crippen LogP contribution in [0.15, 0.2) is 42.5 Å². The molecule has 0 aliphatic rings. The van der Waals surface area contributed by atoms with Gasteiger partial charge in [-0.05, 0) is 36.2 Å². The van der Waals surface area contributed by atoms with Crippen molar-refractivity contribution in [3.63, 3.8) is 0 Å². The molecule has 0 atom stereocenters. The minimum Gasteiger partial charge on any atom is -0.496 e. The van der Waals surface area contributed by atoms with Crippen molar-refractivity contribution in [2.24, 2.45) is 0 Å². The largest absolute Gasteiger partial charge is 0.496 e. The Balaban J connectivity index is 1.93. The molecule has 132 valence electrons. The number of ether oxygens (including phenoxy) is 2. The van der Waals surface area contributed by atoms with Crippen LogP contribution in [-0.2, 0) is 11.2 Å². The molecule has 2 amide bonds. The maximum Gasteiger partial charge on any atom is 0.337 e. The molecule has 7 heteroatoms. The molecule has 0 saturated carbocycles. The third-order valence-corrected chi connectivity index (χ3v) is 3.84. The van der Waals surface area contributed by atoms with Gasteiger partial charge in [-0.2, -0.15) is 0 Å². The van der Waals surface area contributed by atoms with Crippen LogP contribution < -0.4 is 15.4 Å². The minimum atomic E-state index is -0.503. The zero-order valence-corrected chi connectivity index (χ0v) is 14.7. The summed E-state index contributed by atoms with van der Waals surface area (Å²) in [7, 11) is 2.89. The number of halogens is 1. The number of hydrogen-bond donors (Lipinski definition) is 2. The average molecular weight is 363 g/mol. The topological polar surface area (TPSA) is 76.7 Å². The molecular weight excluding hydrogens is 344 g/mol. The summed E-state index contributed by atoms with van der Waals surface area (Å²) in [5.41, 5.74) is 1.63. The Bertz CT molecular complexity index is 764. The molecule has 0 aliphatic carbocycles. The number of amides is 2. The highest BCUT2D eigenvalue weighted by molar-refractivity contribution is 6.33. The second-order valence-corrected chi connectivity index (χ2v) is 5.54. The van der Waals surface area contributed by atoms with E-state index in [-0.39, 0.29) is 0 Å². The molecule has 0 radical (unpaired) electrons. The number of para-hydroxylation sites is 1. The van der Waals surface area contributed by atoms with Crippen molar-refractivity contribution in [1.29, 1.82) is 0 Å². The predicted octanol–water partition coefficient (Wildman–Crippen LogP) is 3.50. The summed E-state index contributed by atoms with van der Waals surface area (Å²) in [6.45, 7) is 0.417. The number of urea groups is 1. The number of benzene rings is 2. The van der Waals surface area contributed by atoms with Gasteiger partial charge in [-0.3, -0.25) is 0 Å². The lowest BCUT2D eigenvalue weighted by atomic mass is 10.1. The van der Waals surface area contributed by atoms with Gasteiger partial charge >= 0.3 is 12.0 Å². The normalized spacial score (nSPS) is 10.0. The van der Waals surface area contributed by atoms with Crippen LogP contribution in [0.1, 0.15) is 15.9 Å². The van der Waals surface area contributed by atoms with Gasteiger partial charge in [0.05, 0.1) is 30.5 Å². The van der Waals surface area contributed by atoms with Crippen LogP contribution in [0, 0.1) is 0 Å². The van der Waals surface area contributed by atoms with Crippen LogP contribution in [0.3, 0.4) is 0 Å². The van der Waals surface area contributed by atoms with Crippen LogP contribution in [0.5, 0.6) is 5.75 Å². The third-order valence-electron chi connectivity index (χ3n) is 3.51. The number of esters is 1. The fourth-order valence-corrected chi connectivity index (χ4v) is 2.42. The number of carbonyl (C=O) groups is 2. The quantitative estimate of drug-likeness (QED) is 0.771.